The van der Waals surface area contributed by atoms with E-state index in [9.17, 15) is 0 Å². The highest BCUT2D eigenvalue weighted by Gasteiger charge is 2.60. The maximum Gasteiger partial charge on any atom is 0.190 e. The monoisotopic (exact) mass is 430 g/mol. The van der Waals surface area contributed by atoms with Gasteiger partial charge in [-0.05, 0) is 41.5 Å². The molecule has 0 aromatic carbocycles. The summed E-state index contributed by atoms with van der Waals surface area (Å²) < 4.78 is 43.3. The van der Waals surface area contributed by atoms with E-state index in [4.69, 9.17) is 33.2 Å². The van der Waals surface area contributed by atoms with Gasteiger partial charge in [0.25, 0.3) is 0 Å². The average Bonchev–Trinajstić information content (AvgIpc) is 3.16. The number of rotatable bonds is 7. The summed E-state index contributed by atoms with van der Waals surface area (Å²) in [6, 6.07) is 0.599. The first kappa shape index (κ1) is 22.9. The third-order valence-corrected chi connectivity index (χ3v) is 6.88. The summed E-state index contributed by atoms with van der Waals surface area (Å²) in [5, 5.41) is 0. The topological polar surface area (TPSA) is 64.6 Å². The van der Waals surface area contributed by atoms with Crippen molar-refractivity contribution in [2.45, 2.75) is 96.3 Å². The van der Waals surface area contributed by atoms with Crippen molar-refractivity contribution in [1.29, 1.82) is 0 Å². The van der Waals surface area contributed by atoms with Gasteiger partial charge >= 0.3 is 0 Å². The van der Waals surface area contributed by atoms with Crippen molar-refractivity contribution in [2.75, 3.05) is 46.1 Å². The average molecular weight is 431 g/mol. The van der Waals surface area contributed by atoms with E-state index in [0.717, 1.165) is 43.8 Å². The van der Waals surface area contributed by atoms with Gasteiger partial charge in [0.05, 0.1) is 39.0 Å². The van der Waals surface area contributed by atoms with Crippen LogP contribution in [0.3, 0.4) is 0 Å². The molecular weight excluding hydrogens is 390 g/mol. The molecule has 4 fully saturated rings. The van der Waals surface area contributed by atoms with E-state index in [-0.39, 0.29) is 24.4 Å². The molecule has 8 nitrogen and oxygen atoms in total. The number of hydrogen-bond acceptors (Lipinski definition) is 7. The second-order valence-electron chi connectivity index (χ2n) is 10.2. The molecule has 0 radical (unpaired) electrons. The first-order valence-corrected chi connectivity index (χ1v) is 11.5. The van der Waals surface area contributed by atoms with Crippen LogP contribution in [-0.2, 0) is 33.2 Å². The van der Waals surface area contributed by atoms with Gasteiger partial charge in [-0.15, -0.1) is 0 Å². The third kappa shape index (κ3) is 4.71. The number of hydrogen-bond donors (Lipinski definition) is 0. The lowest BCUT2D eigenvalue weighted by Crippen LogP contribution is -2.59. The largest absolute Gasteiger partial charge is 0.378 e. The Kier molecular flexibility index (Phi) is 6.52. The lowest BCUT2D eigenvalue weighted by Gasteiger charge is -2.45. The van der Waals surface area contributed by atoms with Crippen molar-refractivity contribution < 1.29 is 37.6 Å². The third-order valence-electron chi connectivity index (χ3n) is 6.88. The standard InChI is InChI=1S/C22H40NO7/c1-15(2)23(9-12-24-13-10-23)8-7-11-25-14-16-17-18(28-21(3,4)27-17)19-20(26-16)30-22(5,6)29-19/h15-20H,7-14H2,1-6H3/q+1. The van der Waals surface area contributed by atoms with E-state index in [1.165, 1.54) is 0 Å². The molecule has 4 aliphatic heterocycles. The van der Waals surface area contributed by atoms with Gasteiger partial charge in [0.1, 0.15) is 37.5 Å². The summed E-state index contributed by atoms with van der Waals surface area (Å²) >= 11 is 0. The lowest BCUT2D eigenvalue weighted by atomic mass is 9.99. The Hall–Kier alpha value is -0.320. The summed E-state index contributed by atoms with van der Waals surface area (Å²) in [6.45, 7) is 18.4. The number of ether oxygens (including phenoxy) is 7. The van der Waals surface area contributed by atoms with Crippen LogP contribution in [0.1, 0.15) is 48.0 Å². The van der Waals surface area contributed by atoms with Crippen molar-refractivity contribution >= 4 is 0 Å². The van der Waals surface area contributed by atoms with Gasteiger partial charge in [0.15, 0.2) is 17.9 Å². The number of quaternary nitrogens is 1. The molecule has 0 amide bonds. The van der Waals surface area contributed by atoms with E-state index in [1.54, 1.807) is 0 Å². The number of nitrogens with zero attached hydrogens (tertiary/aromatic N) is 1. The van der Waals surface area contributed by atoms with Crippen LogP contribution in [0.5, 0.6) is 0 Å². The molecule has 0 aromatic rings. The summed E-state index contributed by atoms with van der Waals surface area (Å²) in [5.41, 5.74) is 0. The first-order chi connectivity index (χ1) is 14.1. The molecule has 0 aliphatic carbocycles. The lowest BCUT2D eigenvalue weighted by molar-refractivity contribution is -0.954. The molecule has 0 bridgehead atoms. The smallest absolute Gasteiger partial charge is 0.190 e. The Labute approximate surface area is 180 Å². The zero-order chi connectivity index (χ0) is 21.6. The van der Waals surface area contributed by atoms with Crippen LogP contribution in [0.25, 0.3) is 0 Å². The first-order valence-electron chi connectivity index (χ1n) is 11.5. The molecule has 0 aromatic heterocycles. The van der Waals surface area contributed by atoms with Crippen LogP contribution < -0.4 is 0 Å². The molecule has 5 atom stereocenters. The Morgan fingerprint density at radius 1 is 0.900 bits per heavy atom. The highest BCUT2D eigenvalue weighted by atomic mass is 16.9. The van der Waals surface area contributed by atoms with Crippen LogP contribution in [-0.4, -0.2) is 98.9 Å². The summed E-state index contributed by atoms with van der Waals surface area (Å²) in [4.78, 5) is 0. The zero-order valence-electron chi connectivity index (χ0n) is 19.4. The van der Waals surface area contributed by atoms with Crippen LogP contribution >= 0.6 is 0 Å². The quantitative estimate of drug-likeness (QED) is 0.452. The van der Waals surface area contributed by atoms with E-state index >= 15 is 0 Å². The fourth-order valence-electron chi connectivity index (χ4n) is 5.21. The summed E-state index contributed by atoms with van der Waals surface area (Å²) in [7, 11) is 0. The van der Waals surface area contributed by atoms with Crippen LogP contribution in [0.4, 0.5) is 0 Å². The molecule has 0 N–H and O–H groups in total. The van der Waals surface area contributed by atoms with Gasteiger partial charge in [0, 0.05) is 6.42 Å². The Balaban J connectivity index is 1.30. The van der Waals surface area contributed by atoms with Crippen molar-refractivity contribution in [2.24, 2.45) is 0 Å². The van der Waals surface area contributed by atoms with Crippen molar-refractivity contribution in [3.8, 4) is 0 Å². The van der Waals surface area contributed by atoms with Crippen molar-refractivity contribution in [3.63, 3.8) is 0 Å². The molecule has 30 heavy (non-hydrogen) atoms. The number of morpholine rings is 1. The van der Waals surface area contributed by atoms with Crippen LogP contribution in [0, 0.1) is 0 Å². The fourth-order valence-corrected chi connectivity index (χ4v) is 5.21. The van der Waals surface area contributed by atoms with E-state index < -0.39 is 17.9 Å². The summed E-state index contributed by atoms with van der Waals surface area (Å²) in [5.74, 6) is -1.37. The minimum Gasteiger partial charge on any atom is -0.378 e. The van der Waals surface area contributed by atoms with Gasteiger partial charge < -0.3 is 37.6 Å². The minimum atomic E-state index is -0.696. The van der Waals surface area contributed by atoms with E-state index in [0.29, 0.717) is 19.3 Å². The predicted octanol–water partition coefficient (Wildman–Crippen LogP) is 2.05. The molecule has 4 saturated heterocycles. The van der Waals surface area contributed by atoms with Crippen molar-refractivity contribution in [3.05, 3.63) is 0 Å². The van der Waals surface area contributed by atoms with E-state index in [2.05, 4.69) is 13.8 Å². The molecule has 0 spiro atoms. The molecule has 4 aliphatic rings. The van der Waals surface area contributed by atoms with Crippen molar-refractivity contribution in [1.82, 2.24) is 0 Å². The number of fused-ring (bicyclic) bond motifs is 3. The molecule has 4 rings (SSSR count). The van der Waals surface area contributed by atoms with Crippen LogP contribution in [0.15, 0.2) is 0 Å². The van der Waals surface area contributed by atoms with Gasteiger partial charge in [0.2, 0.25) is 0 Å². The molecule has 174 valence electrons. The molecule has 0 saturated carbocycles. The normalized spacial score (nSPS) is 39.1. The van der Waals surface area contributed by atoms with Gasteiger partial charge in [-0.3, -0.25) is 0 Å². The minimum absolute atomic E-state index is 0.225. The molecular formula is C22H40NO7+. The molecule has 4 heterocycles. The predicted molar refractivity (Wildman–Crippen MR) is 109 cm³/mol. The van der Waals surface area contributed by atoms with Gasteiger partial charge in [-0.25, -0.2) is 0 Å². The zero-order valence-corrected chi connectivity index (χ0v) is 19.4. The Bertz CT molecular complexity index is 590. The van der Waals surface area contributed by atoms with Gasteiger partial charge in [-0.1, -0.05) is 0 Å². The molecule has 5 unspecified atom stereocenters. The maximum atomic E-state index is 6.21. The van der Waals surface area contributed by atoms with Gasteiger partial charge in [-0.2, -0.15) is 0 Å². The van der Waals surface area contributed by atoms with E-state index in [1.807, 2.05) is 27.7 Å². The summed E-state index contributed by atoms with van der Waals surface area (Å²) in [6.07, 6.45) is -0.438. The highest BCUT2D eigenvalue weighted by Crippen LogP contribution is 2.44. The second-order valence-corrected chi connectivity index (χ2v) is 10.2. The Morgan fingerprint density at radius 2 is 1.53 bits per heavy atom. The maximum absolute atomic E-state index is 6.21. The molecule has 8 heteroatoms. The van der Waals surface area contributed by atoms with Crippen LogP contribution in [0.2, 0.25) is 0 Å². The highest BCUT2D eigenvalue weighted by molar-refractivity contribution is 5.00. The fraction of sp³-hybridized carbons (Fsp3) is 1.00. The second kappa shape index (κ2) is 8.56. The Morgan fingerprint density at radius 3 is 2.23 bits per heavy atom. The SMILES string of the molecule is CC(C)[N+]1(CCCOCC2OC3OC(C)(C)OC3C3OC(C)(C)OC23)CCOCC1.